The molecule has 2 amide bonds. The van der Waals surface area contributed by atoms with Crippen LogP contribution in [0.3, 0.4) is 0 Å². The quantitative estimate of drug-likeness (QED) is 0.484. The van der Waals surface area contributed by atoms with Gasteiger partial charge in [-0.1, -0.05) is 13.0 Å². The summed E-state index contributed by atoms with van der Waals surface area (Å²) < 4.78 is 5.35. The van der Waals surface area contributed by atoms with Gasteiger partial charge in [-0.05, 0) is 25.3 Å². The first-order chi connectivity index (χ1) is 11.0. The highest BCUT2D eigenvalue weighted by Gasteiger charge is 2.20. The molecule has 2 N–H and O–H groups in total. The Morgan fingerprint density at radius 2 is 2.17 bits per heavy atom. The van der Waals surface area contributed by atoms with Crippen LogP contribution in [0.25, 0.3) is 0 Å². The molecule has 1 aliphatic heterocycles. The number of nitro benzene ring substituents is 1. The molecule has 2 rings (SSSR count). The van der Waals surface area contributed by atoms with Crippen molar-refractivity contribution in [1.82, 2.24) is 5.32 Å². The van der Waals surface area contributed by atoms with E-state index in [1.165, 1.54) is 12.1 Å². The second-order valence-corrected chi connectivity index (χ2v) is 5.25. The molecule has 0 spiro atoms. The first-order valence-electron chi connectivity index (χ1n) is 7.49. The summed E-state index contributed by atoms with van der Waals surface area (Å²) in [6.07, 6.45) is 2.25. The van der Waals surface area contributed by atoms with Crippen molar-refractivity contribution in [3.8, 4) is 0 Å². The summed E-state index contributed by atoms with van der Waals surface area (Å²) >= 11 is 0. The number of nitrogens with zero attached hydrogens (tertiary/aromatic N) is 1. The van der Waals surface area contributed by atoms with Gasteiger partial charge in [0.05, 0.1) is 11.0 Å². The fourth-order valence-corrected chi connectivity index (χ4v) is 2.39. The molecule has 124 valence electrons. The fraction of sp³-hybridized carbons (Fsp3) is 0.467. The van der Waals surface area contributed by atoms with Crippen molar-refractivity contribution in [2.75, 3.05) is 18.5 Å². The van der Waals surface area contributed by atoms with E-state index in [4.69, 9.17) is 4.74 Å². The molecule has 8 nitrogen and oxygen atoms in total. The Hall–Kier alpha value is -2.48. The normalized spacial score (nSPS) is 16.8. The number of carbonyl (C=O) groups is 2. The average molecular weight is 321 g/mol. The first kappa shape index (κ1) is 16.9. The van der Waals surface area contributed by atoms with Gasteiger partial charge < -0.3 is 15.4 Å². The zero-order valence-corrected chi connectivity index (χ0v) is 12.8. The summed E-state index contributed by atoms with van der Waals surface area (Å²) in [6.45, 7) is 2.75. The minimum atomic E-state index is -0.860. The molecule has 0 radical (unpaired) electrons. The summed E-state index contributed by atoms with van der Waals surface area (Å²) in [5, 5.41) is 15.9. The predicted octanol–water partition coefficient (Wildman–Crippen LogP) is 1.39. The Balaban J connectivity index is 1.94. The Bertz CT molecular complexity index is 611. The number of amides is 2. The van der Waals surface area contributed by atoms with E-state index in [0.717, 1.165) is 12.8 Å². The van der Waals surface area contributed by atoms with Crippen LogP contribution in [-0.2, 0) is 20.7 Å². The molecule has 0 aromatic heterocycles. The molecule has 1 fully saturated rings. The third kappa shape index (κ3) is 4.49. The number of nitrogens with one attached hydrogen (secondary N) is 2. The Labute approximate surface area is 133 Å². The van der Waals surface area contributed by atoms with Gasteiger partial charge in [-0.15, -0.1) is 0 Å². The van der Waals surface area contributed by atoms with Gasteiger partial charge in [0.15, 0.2) is 0 Å². The third-order valence-corrected chi connectivity index (χ3v) is 3.64. The second kappa shape index (κ2) is 7.68. The lowest BCUT2D eigenvalue weighted by molar-refractivity contribution is -0.385. The van der Waals surface area contributed by atoms with Gasteiger partial charge in [0, 0.05) is 30.5 Å². The van der Waals surface area contributed by atoms with Crippen LogP contribution in [0.15, 0.2) is 18.2 Å². The number of nitro groups is 1. The number of rotatable bonds is 5. The smallest absolute Gasteiger partial charge is 0.313 e. The highest BCUT2D eigenvalue weighted by Crippen LogP contribution is 2.23. The molecule has 1 aliphatic rings. The molecular weight excluding hydrogens is 302 g/mol. The van der Waals surface area contributed by atoms with Crippen molar-refractivity contribution in [1.29, 1.82) is 0 Å². The van der Waals surface area contributed by atoms with E-state index in [9.17, 15) is 19.7 Å². The number of anilines is 1. The second-order valence-electron chi connectivity index (χ2n) is 5.25. The summed E-state index contributed by atoms with van der Waals surface area (Å²) in [6, 6.07) is 4.36. The van der Waals surface area contributed by atoms with E-state index >= 15 is 0 Å². The highest BCUT2D eigenvalue weighted by atomic mass is 16.6. The van der Waals surface area contributed by atoms with Gasteiger partial charge in [0.1, 0.15) is 0 Å². The van der Waals surface area contributed by atoms with Gasteiger partial charge in [0.2, 0.25) is 0 Å². The molecule has 1 aromatic carbocycles. The van der Waals surface area contributed by atoms with E-state index in [0.29, 0.717) is 18.6 Å². The van der Waals surface area contributed by atoms with Crippen molar-refractivity contribution in [2.24, 2.45) is 0 Å². The summed E-state index contributed by atoms with van der Waals surface area (Å²) in [5.41, 5.74) is 0.701. The van der Waals surface area contributed by atoms with Gasteiger partial charge in [-0.2, -0.15) is 0 Å². The van der Waals surface area contributed by atoms with Crippen LogP contribution in [0, 0.1) is 10.1 Å². The van der Waals surface area contributed by atoms with Crippen LogP contribution in [0.1, 0.15) is 25.3 Å². The number of ether oxygens (including phenoxy) is 1. The van der Waals surface area contributed by atoms with E-state index < -0.39 is 16.7 Å². The molecule has 0 aliphatic carbocycles. The summed E-state index contributed by atoms with van der Waals surface area (Å²) in [4.78, 5) is 34.0. The molecule has 8 heteroatoms. The number of hydrogen-bond donors (Lipinski definition) is 2. The van der Waals surface area contributed by atoms with E-state index in [1.54, 1.807) is 13.0 Å². The molecule has 0 bridgehead atoms. The van der Waals surface area contributed by atoms with E-state index in [2.05, 4.69) is 10.6 Å². The highest BCUT2D eigenvalue weighted by molar-refractivity contribution is 6.39. The molecule has 1 atom stereocenters. The van der Waals surface area contributed by atoms with Gasteiger partial charge in [-0.3, -0.25) is 19.7 Å². The fourth-order valence-electron chi connectivity index (χ4n) is 2.39. The topological polar surface area (TPSA) is 111 Å². The van der Waals surface area contributed by atoms with E-state index in [1.807, 2.05) is 0 Å². The van der Waals surface area contributed by atoms with Crippen LogP contribution >= 0.6 is 0 Å². The number of hydrogen-bond acceptors (Lipinski definition) is 5. The van der Waals surface area contributed by atoms with Crippen molar-refractivity contribution >= 4 is 23.2 Å². The molecule has 23 heavy (non-hydrogen) atoms. The van der Waals surface area contributed by atoms with Crippen LogP contribution in [-0.4, -0.2) is 36.0 Å². The molecule has 0 saturated carbocycles. The zero-order valence-electron chi connectivity index (χ0n) is 12.8. The largest absolute Gasteiger partial charge is 0.376 e. The average Bonchev–Trinajstić information content (AvgIpc) is 3.05. The van der Waals surface area contributed by atoms with Crippen LogP contribution in [0.4, 0.5) is 11.4 Å². The zero-order chi connectivity index (χ0) is 16.8. The van der Waals surface area contributed by atoms with Gasteiger partial charge >= 0.3 is 11.8 Å². The monoisotopic (exact) mass is 321 g/mol. The number of carbonyl (C=O) groups excluding carboxylic acids is 2. The molecular formula is C15H19N3O5. The minimum absolute atomic E-state index is 0.0586. The predicted molar refractivity (Wildman–Crippen MR) is 83.1 cm³/mol. The maximum Gasteiger partial charge on any atom is 0.313 e. The Morgan fingerprint density at radius 3 is 2.78 bits per heavy atom. The van der Waals surface area contributed by atoms with Crippen LogP contribution < -0.4 is 10.6 Å². The van der Waals surface area contributed by atoms with Crippen LogP contribution in [0.2, 0.25) is 0 Å². The van der Waals surface area contributed by atoms with Crippen molar-refractivity contribution in [3.05, 3.63) is 33.9 Å². The van der Waals surface area contributed by atoms with Crippen molar-refractivity contribution < 1.29 is 19.2 Å². The number of benzene rings is 1. The molecule has 1 aromatic rings. The lowest BCUT2D eigenvalue weighted by Gasteiger charge is -2.11. The minimum Gasteiger partial charge on any atom is -0.376 e. The maximum absolute atomic E-state index is 11.8. The Morgan fingerprint density at radius 1 is 1.39 bits per heavy atom. The van der Waals surface area contributed by atoms with Gasteiger partial charge in [-0.25, -0.2) is 0 Å². The van der Waals surface area contributed by atoms with Crippen molar-refractivity contribution in [2.45, 2.75) is 32.3 Å². The van der Waals surface area contributed by atoms with Crippen LogP contribution in [0.5, 0.6) is 0 Å². The maximum atomic E-state index is 11.8. The molecule has 1 saturated heterocycles. The Kier molecular flexibility index (Phi) is 5.64. The molecule has 1 heterocycles. The van der Waals surface area contributed by atoms with Gasteiger partial charge in [0.25, 0.3) is 5.69 Å². The lowest BCUT2D eigenvalue weighted by atomic mass is 10.1. The molecule has 1 unspecified atom stereocenters. The number of aryl methyl sites for hydroxylation is 1. The lowest BCUT2D eigenvalue weighted by Crippen LogP contribution is -2.39. The first-order valence-corrected chi connectivity index (χ1v) is 7.49. The van der Waals surface area contributed by atoms with Crippen molar-refractivity contribution in [3.63, 3.8) is 0 Å². The standard InChI is InChI=1S/C15H19N3O5/c1-2-10-5-6-11(8-13(10)18(21)22)17-15(20)14(19)16-9-12-4-3-7-23-12/h5-6,8,12H,2-4,7,9H2,1H3,(H,16,19)(H,17,20). The summed E-state index contributed by atoms with van der Waals surface area (Å²) in [7, 11) is 0. The SMILES string of the molecule is CCc1ccc(NC(=O)C(=O)NCC2CCCO2)cc1[N+](=O)[O-]. The third-order valence-electron chi connectivity index (χ3n) is 3.64. The summed E-state index contributed by atoms with van der Waals surface area (Å²) in [5.74, 6) is -1.65. The van der Waals surface area contributed by atoms with E-state index in [-0.39, 0.29) is 24.0 Å².